The Morgan fingerprint density at radius 3 is 1.88 bits per heavy atom. The SMILES string of the molecule is CCCCc1c(F)c(F)c(C(O)S)c(F)c1F. The van der Waals surface area contributed by atoms with Crippen LogP contribution in [0.25, 0.3) is 0 Å². The van der Waals surface area contributed by atoms with Crippen molar-refractivity contribution in [2.75, 3.05) is 0 Å². The lowest BCUT2D eigenvalue weighted by Crippen LogP contribution is -2.10. The molecule has 0 fully saturated rings. The zero-order valence-corrected chi connectivity index (χ0v) is 10.00. The Morgan fingerprint density at radius 2 is 1.53 bits per heavy atom. The topological polar surface area (TPSA) is 20.2 Å². The molecule has 1 aromatic carbocycles. The number of rotatable bonds is 4. The molecule has 1 atom stereocenters. The average molecular weight is 268 g/mol. The maximum absolute atomic E-state index is 13.5. The molecule has 0 amide bonds. The molecule has 17 heavy (non-hydrogen) atoms. The molecule has 0 saturated carbocycles. The lowest BCUT2D eigenvalue weighted by molar-refractivity contribution is 0.253. The van der Waals surface area contributed by atoms with Crippen molar-refractivity contribution in [2.45, 2.75) is 31.6 Å². The van der Waals surface area contributed by atoms with Gasteiger partial charge >= 0.3 is 0 Å². The molecule has 0 spiro atoms. The van der Waals surface area contributed by atoms with E-state index in [2.05, 4.69) is 12.6 Å². The number of aliphatic hydroxyl groups excluding tert-OH is 1. The smallest absolute Gasteiger partial charge is 0.168 e. The van der Waals surface area contributed by atoms with E-state index in [0.717, 1.165) is 0 Å². The van der Waals surface area contributed by atoms with Crippen LogP contribution >= 0.6 is 12.6 Å². The molecule has 1 unspecified atom stereocenters. The van der Waals surface area contributed by atoms with E-state index in [1.165, 1.54) is 0 Å². The predicted octanol–water partition coefficient (Wildman–Crippen LogP) is 3.51. The Kier molecular flexibility index (Phi) is 4.82. The van der Waals surface area contributed by atoms with Gasteiger partial charge in [0.1, 0.15) is 5.44 Å². The lowest BCUT2D eigenvalue weighted by Gasteiger charge is -2.12. The third-order valence-corrected chi connectivity index (χ3v) is 2.68. The van der Waals surface area contributed by atoms with E-state index >= 15 is 0 Å². The summed E-state index contributed by atoms with van der Waals surface area (Å²) in [6.45, 7) is 1.79. The van der Waals surface area contributed by atoms with Crippen molar-refractivity contribution in [3.8, 4) is 0 Å². The minimum atomic E-state index is -1.90. The van der Waals surface area contributed by atoms with Crippen molar-refractivity contribution in [2.24, 2.45) is 0 Å². The lowest BCUT2D eigenvalue weighted by atomic mass is 10.0. The maximum Gasteiger partial charge on any atom is 0.168 e. The summed E-state index contributed by atoms with van der Waals surface area (Å²) in [4.78, 5) is 0. The summed E-state index contributed by atoms with van der Waals surface area (Å²) in [6.07, 6.45) is 0.958. The highest BCUT2D eigenvalue weighted by molar-refractivity contribution is 7.80. The minimum absolute atomic E-state index is 0.0923. The van der Waals surface area contributed by atoms with Crippen LogP contribution in [-0.4, -0.2) is 5.11 Å². The highest BCUT2D eigenvalue weighted by Crippen LogP contribution is 2.30. The van der Waals surface area contributed by atoms with Crippen molar-refractivity contribution in [3.63, 3.8) is 0 Å². The normalized spacial score (nSPS) is 12.9. The molecule has 0 heterocycles. The Morgan fingerprint density at radius 1 is 1.06 bits per heavy atom. The largest absolute Gasteiger partial charge is 0.378 e. The number of halogens is 4. The minimum Gasteiger partial charge on any atom is -0.378 e. The molecule has 6 heteroatoms. The molecule has 1 aromatic rings. The van der Waals surface area contributed by atoms with Gasteiger partial charge in [0.05, 0.1) is 5.56 Å². The number of thiol groups is 1. The maximum atomic E-state index is 13.5. The summed E-state index contributed by atoms with van der Waals surface area (Å²) >= 11 is 3.37. The number of unbranched alkanes of at least 4 members (excludes halogenated alkanes) is 1. The van der Waals surface area contributed by atoms with Gasteiger partial charge in [-0.25, -0.2) is 17.6 Å². The average Bonchev–Trinajstić information content (AvgIpc) is 2.26. The molecule has 1 rings (SSSR count). The van der Waals surface area contributed by atoms with Crippen LogP contribution in [0.4, 0.5) is 17.6 Å². The first-order chi connectivity index (χ1) is 7.91. The van der Waals surface area contributed by atoms with Crippen LogP contribution in [0.3, 0.4) is 0 Å². The number of hydrogen-bond donors (Lipinski definition) is 2. The van der Waals surface area contributed by atoms with Crippen molar-refractivity contribution in [1.82, 2.24) is 0 Å². The number of benzene rings is 1. The molecule has 0 aliphatic rings. The van der Waals surface area contributed by atoms with Crippen molar-refractivity contribution >= 4 is 12.6 Å². The van der Waals surface area contributed by atoms with Gasteiger partial charge in [-0.05, 0) is 12.8 Å². The molecule has 1 N–H and O–H groups in total. The zero-order valence-electron chi connectivity index (χ0n) is 9.10. The monoisotopic (exact) mass is 268 g/mol. The van der Waals surface area contributed by atoms with Crippen LogP contribution in [0.1, 0.15) is 36.3 Å². The van der Waals surface area contributed by atoms with Crippen molar-refractivity contribution < 1.29 is 22.7 Å². The molecule has 0 radical (unpaired) electrons. The molecule has 0 aromatic heterocycles. The van der Waals surface area contributed by atoms with E-state index < -0.39 is 39.8 Å². The van der Waals surface area contributed by atoms with E-state index in [1.807, 2.05) is 0 Å². The van der Waals surface area contributed by atoms with Gasteiger partial charge in [0.15, 0.2) is 23.3 Å². The third kappa shape index (κ3) is 2.74. The second kappa shape index (κ2) is 5.73. The van der Waals surface area contributed by atoms with Crippen molar-refractivity contribution in [1.29, 1.82) is 0 Å². The number of hydrogen-bond acceptors (Lipinski definition) is 2. The van der Waals surface area contributed by atoms with E-state index in [4.69, 9.17) is 5.11 Å². The first kappa shape index (κ1) is 14.3. The molecule has 0 saturated heterocycles. The highest BCUT2D eigenvalue weighted by Gasteiger charge is 2.27. The van der Waals surface area contributed by atoms with Gasteiger partial charge in [0.25, 0.3) is 0 Å². The van der Waals surface area contributed by atoms with Crippen molar-refractivity contribution in [3.05, 3.63) is 34.4 Å². The standard InChI is InChI=1S/C11H12F4OS/c1-2-3-4-5-7(12)9(14)6(11(16)17)10(15)8(5)13/h11,16-17H,2-4H2,1H3. The summed E-state index contributed by atoms with van der Waals surface area (Å²) in [5.41, 5.74) is -3.62. The summed E-state index contributed by atoms with van der Waals surface area (Å²) in [7, 11) is 0. The molecular formula is C11H12F4OS. The fourth-order valence-corrected chi connectivity index (χ4v) is 1.72. The summed E-state index contributed by atoms with van der Waals surface area (Å²) in [5.74, 6) is -6.09. The Balaban J connectivity index is 3.36. The third-order valence-electron chi connectivity index (χ3n) is 2.43. The van der Waals surface area contributed by atoms with Crippen LogP contribution in [-0.2, 0) is 6.42 Å². The molecule has 0 bridgehead atoms. The summed E-state index contributed by atoms with van der Waals surface area (Å²) < 4.78 is 53.7. The fourth-order valence-electron chi connectivity index (χ4n) is 1.49. The molecular weight excluding hydrogens is 256 g/mol. The Labute approximate surface area is 102 Å². The van der Waals surface area contributed by atoms with Crippen LogP contribution < -0.4 is 0 Å². The quantitative estimate of drug-likeness (QED) is 0.370. The predicted molar refractivity (Wildman–Crippen MR) is 58.8 cm³/mol. The van der Waals surface area contributed by atoms with Gasteiger partial charge in [-0.1, -0.05) is 13.3 Å². The van der Waals surface area contributed by atoms with Gasteiger partial charge < -0.3 is 5.11 Å². The molecule has 0 aliphatic carbocycles. The summed E-state index contributed by atoms with van der Waals surface area (Å²) in [5, 5.41) is 8.95. The first-order valence-corrected chi connectivity index (χ1v) is 5.64. The molecule has 96 valence electrons. The first-order valence-electron chi connectivity index (χ1n) is 5.12. The highest BCUT2D eigenvalue weighted by atomic mass is 32.1. The second-order valence-electron chi connectivity index (χ2n) is 3.63. The zero-order chi connectivity index (χ0) is 13.2. The summed E-state index contributed by atoms with van der Waals surface area (Å²) in [6, 6.07) is 0. The number of aliphatic hydroxyl groups is 1. The molecule has 0 aliphatic heterocycles. The molecule has 1 nitrogen and oxygen atoms in total. The van der Waals surface area contributed by atoms with Gasteiger partial charge in [0, 0.05) is 5.56 Å². The Hall–Kier alpha value is -0.750. The van der Waals surface area contributed by atoms with Gasteiger partial charge in [-0.2, -0.15) is 0 Å². The van der Waals surface area contributed by atoms with Crippen LogP contribution in [0, 0.1) is 23.3 Å². The van der Waals surface area contributed by atoms with Crippen LogP contribution in [0.2, 0.25) is 0 Å². The van der Waals surface area contributed by atoms with Crippen LogP contribution in [0.15, 0.2) is 0 Å². The van der Waals surface area contributed by atoms with E-state index in [1.54, 1.807) is 6.92 Å². The van der Waals surface area contributed by atoms with E-state index in [-0.39, 0.29) is 6.42 Å². The van der Waals surface area contributed by atoms with E-state index in [9.17, 15) is 17.6 Å². The second-order valence-corrected chi connectivity index (χ2v) is 4.11. The Bertz CT molecular complexity index is 391. The van der Waals surface area contributed by atoms with E-state index in [0.29, 0.717) is 12.8 Å². The van der Waals surface area contributed by atoms with Gasteiger partial charge in [-0.3, -0.25) is 0 Å². The van der Waals surface area contributed by atoms with Gasteiger partial charge in [-0.15, -0.1) is 12.6 Å². The van der Waals surface area contributed by atoms with Crippen LogP contribution in [0.5, 0.6) is 0 Å². The fraction of sp³-hybridized carbons (Fsp3) is 0.455. The van der Waals surface area contributed by atoms with Gasteiger partial charge in [0.2, 0.25) is 0 Å².